The first kappa shape index (κ1) is 12.0. The van der Waals surface area contributed by atoms with E-state index in [2.05, 4.69) is 27.7 Å². The Balaban J connectivity index is 2.82. The molecule has 2 nitrogen and oxygen atoms in total. The van der Waals surface area contributed by atoms with Crippen LogP contribution < -0.4 is 0 Å². The summed E-state index contributed by atoms with van der Waals surface area (Å²) in [6.07, 6.45) is 0.424. The highest BCUT2D eigenvalue weighted by molar-refractivity contribution is 5.75. The SMILES string of the molecule is CCOC(=O)CC1=C(C)C(C)C(C)=C1C. The second-order valence-corrected chi connectivity index (χ2v) is 4.17. The Bertz CT molecular complexity index is 334. The Morgan fingerprint density at radius 3 is 2.27 bits per heavy atom. The number of carbonyl (C=O) groups is 1. The van der Waals surface area contributed by atoms with Gasteiger partial charge in [-0.25, -0.2) is 0 Å². The number of ether oxygens (including phenoxy) is 1. The van der Waals surface area contributed by atoms with E-state index in [1.54, 1.807) is 0 Å². The van der Waals surface area contributed by atoms with Crippen molar-refractivity contribution in [3.63, 3.8) is 0 Å². The molecule has 2 heteroatoms. The molecule has 0 N–H and O–H groups in total. The molecule has 1 unspecified atom stereocenters. The molecule has 0 aromatic carbocycles. The van der Waals surface area contributed by atoms with Gasteiger partial charge in [0.1, 0.15) is 0 Å². The fourth-order valence-electron chi connectivity index (χ4n) is 2.07. The summed E-state index contributed by atoms with van der Waals surface area (Å²) in [6.45, 7) is 10.8. The van der Waals surface area contributed by atoms with Crippen molar-refractivity contribution in [1.29, 1.82) is 0 Å². The van der Waals surface area contributed by atoms with E-state index in [1.165, 1.54) is 22.3 Å². The molecule has 0 fully saturated rings. The summed E-state index contributed by atoms with van der Waals surface area (Å²) in [5, 5.41) is 0. The first-order chi connectivity index (χ1) is 6.99. The summed E-state index contributed by atoms with van der Waals surface area (Å²) in [7, 11) is 0. The van der Waals surface area contributed by atoms with Crippen LogP contribution in [0.3, 0.4) is 0 Å². The second-order valence-electron chi connectivity index (χ2n) is 4.17. The first-order valence-corrected chi connectivity index (χ1v) is 5.52. The molecule has 0 saturated carbocycles. The maximum atomic E-state index is 11.4. The monoisotopic (exact) mass is 208 g/mol. The van der Waals surface area contributed by atoms with E-state index < -0.39 is 0 Å². The van der Waals surface area contributed by atoms with Gasteiger partial charge in [-0.15, -0.1) is 0 Å². The van der Waals surface area contributed by atoms with Crippen LogP contribution in [0.1, 0.15) is 41.0 Å². The molecule has 0 spiro atoms. The van der Waals surface area contributed by atoms with Gasteiger partial charge in [-0.1, -0.05) is 18.1 Å². The minimum atomic E-state index is -0.117. The standard InChI is InChI=1S/C13H20O2/c1-6-15-13(14)7-12-10(4)8(2)9(3)11(12)5/h8H,6-7H2,1-5H3. The van der Waals surface area contributed by atoms with E-state index in [1.807, 2.05) is 6.92 Å². The average molecular weight is 208 g/mol. The van der Waals surface area contributed by atoms with Gasteiger partial charge in [-0.05, 0) is 44.8 Å². The molecular weight excluding hydrogens is 188 g/mol. The summed E-state index contributed by atoms with van der Waals surface area (Å²) < 4.78 is 4.98. The summed E-state index contributed by atoms with van der Waals surface area (Å²) in [4.78, 5) is 11.4. The van der Waals surface area contributed by atoms with Crippen molar-refractivity contribution < 1.29 is 9.53 Å². The van der Waals surface area contributed by atoms with E-state index in [0.29, 0.717) is 18.9 Å². The lowest BCUT2D eigenvalue weighted by atomic mass is 9.99. The van der Waals surface area contributed by atoms with E-state index >= 15 is 0 Å². The van der Waals surface area contributed by atoms with Crippen LogP contribution >= 0.6 is 0 Å². The Labute approximate surface area is 92.0 Å². The first-order valence-electron chi connectivity index (χ1n) is 5.52. The molecule has 0 aliphatic heterocycles. The number of carbonyl (C=O) groups excluding carboxylic acids is 1. The van der Waals surface area contributed by atoms with Crippen molar-refractivity contribution in [3.05, 3.63) is 22.3 Å². The lowest BCUT2D eigenvalue weighted by Gasteiger charge is -2.07. The minimum Gasteiger partial charge on any atom is -0.466 e. The molecule has 0 saturated heterocycles. The molecule has 1 aliphatic rings. The summed E-state index contributed by atoms with van der Waals surface area (Å²) in [5.41, 5.74) is 5.15. The van der Waals surface area contributed by atoms with Crippen molar-refractivity contribution >= 4 is 5.97 Å². The van der Waals surface area contributed by atoms with Gasteiger partial charge in [-0.2, -0.15) is 0 Å². The minimum absolute atomic E-state index is 0.117. The highest BCUT2D eigenvalue weighted by atomic mass is 16.5. The highest BCUT2D eigenvalue weighted by Crippen LogP contribution is 2.38. The van der Waals surface area contributed by atoms with Crippen molar-refractivity contribution in [2.45, 2.75) is 41.0 Å². The van der Waals surface area contributed by atoms with Gasteiger partial charge in [-0.3, -0.25) is 4.79 Å². The molecule has 0 aromatic rings. The number of hydrogen-bond acceptors (Lipinski definition) is 2. The van der Waals surface area contributed by atoms with E-state index in [-0.39, 0.29) is 5.97 Å². The molecule has 0 amide bonds. The lowest BCUT2D eigenvalue weighted by molar-refractivity contribution is -0.142. The van der Waals surface area contributed by atoms with Gasteiger partial charge >= 0.3 is 5.97 Å². The van der Waals surface area contributed by atoms with Crippen LogP contribution in [0.15, 0.2) is 22.3 Å². The third-order valence-electron chi connectivity index (χ3n) is 3.45. The van der Waals surface area contributed by atoms with Gasteiger partial charge in [0.05, 0.1) is 13.0 Å². The zero-order chi connectivity index (χ0) is 11.6. The van der Waals surface area contributed by atoms with Gasteiger partial charge < -0.3 is 4.74 Å². The molecule has 0 aromatic heterocycles. The Morgan fingerprint density at radius 1 is 1.27 bits per heavy atom. The van der Waals surface area contributed by atoms with Crippen LogP contribution in [0.4, 0.5) is 0 Å². The lowest BCUT2D eigenvalue weighted by Crippen LogP contribution is -2.06. The normalized spacial score (nSPS) is 21.3. The molecule has 0 radical (unpaired) electrons. The third-order valence-corrected chi connectivity index (χ3v) is 3.45. The van der Waals surface area contributed by atoms with Gasteiger partial charge in [0.15, 0.2) is 0 Å². The van der Waals surface area contributed by atoms with E-state index in [9.17, 15) is 4.79 Å². The van der Waals surface area contributed by atoms with Crippen LogP contribution in [0, 0.1) is 5.92 Å². The van der Waals surface area contributed by atoms with Crippen molar-refractivity contribution in [3.8, 4) is 0 Å². The zero-order valence-electron chi connectivity index (χ0n) is 10.3. The van der Waals surface area contributed by atoms with Crippen LogP contribution in [-0.2, 0) is 9.53 Å². The predicted octanol–water partition coefficient (Wildman–Crippen LogP) is 3.24. The van der Waals surface area contributed by atoms with E-state index in [0.717, 1.165) is 0 Å². The van der Waals surface area contributed by atoms with Gasteiger partial charge in [0.2, 0.25) is 0 Å². The van der Waals surface area contributed by atoms with Gasteiger partial charge in [0.25, 0.3) is 0 Å². The quantitative estimate of drug-likeness (QED) is 0.665. The summed E-state index contributed by atoms with van der Waals surface area (Å²) in [6, 6.07) is 0. The summed E-state index contributed by atoms with van der Waals surface area (Å²) in [5.74, 6) is 0.363. The molecule has 84 valence electrons. The molecule has 15 heavy (non-hydrogen) atoms. The fraction of sp³-hybridized carbons (Fsp3) is 0.615. The summed E-state index contributed by atoms with van der Waals surface area (Å²) >= 11 is 0. The molecule has 0 heterocycles. The molecular formula is C13H20O2. The van der Waals surface area contributed by atoms with Crippen LogP contribution in [0.2, 0.25) is 0 Å². The van der Waals surface area contributed by atoms with Crippen LogP contribution in [0.5, 0.6) is 0 Å². The van der Waals surface area contributed by atoms with Crippen LogP contribution in [0.25, 0.3) is 0 Å². The van der Waals surface area contributed by atoms with Crippen molar-refractivity contribution in [1.82, 2.24) is 0 Å². The zero-order valence-corrected chi connectivity index (χ0v) is 10.3. The average Bonchev–Trinajstić information content (AvgIpc) is 2.36. The van der Waals surface area contributed by atoms with Crippen LogP contribution in [-0.4, -0.2) is 12.6 Å². The Kier molecular flexibility index (Phi) is 3.72. The molecule has 1 atom stereocenters. The molecule has 1 rings (SSSR count). The fourth-order valence-corrected chi connectivity index (χ4v) is 2.07. The third kappa shape index (κ3) is 2.31. The Morgan fingerprint density at radius 2 is 1.87 bits per heavy atom. The highest BCUT2D eigenvalue weighted by Gasteiger charge is 2.24. The largest absolute Gasteiger partial charge is 0.466 e. The maximum Gasteiger partial charge on any atom is 0.310 e. The maximum absolute atomic E-state index is 11.4. The number of rotatable bonds is 3. The number of allylic oxidation sites excluding steroid dienone is 3. The predicted molar refractivity (Wildman–Crippen MR) is 61.5 cm³/mol. The van der Waals surface area contributed by atoms with E-state index in [4.69, 9.17) is 4.74 Å². The Hall–Kier alpha value is -1.05. The second kappa shape index (κ2) is 4.65. The van der Waals surface area contributed by atoms with Crippen molar-refractivity contribution in [2.75, 3.05) is 6.61 Å². The number of hydrogen-bond donors (Lipinski definition) is 0. The van der Waals surface area contributed by atoms with Gasteiger partial charge in [0, 0.05) is 0 Å². The smallest absolute Gasteiger partial charge is 0.310 e. The number of esters is 1. The molecule has 1 aliphatic carbocycles. The van der Waals surface area contributed by atoms with Crippen molar-refractivity contribution in [2.24, 2.45) is 5.92 Å². The molecule has 0 bridgehead atoms. The topological polar surface area (TPSA) is 26.3 Å².